The number of hydrogen-bond donors (Lipinski definition) is 1. The topological polar surface area (TPSA) is 30.5 Å². The summed E-state index contributed by atoms with van der Waals surface area (Å²) in [6.45, 7) is 5.23. The Bertz CT molecular complexity index is 484. The second kappa shape index (κ2) is 7.55. The number of benzene rings is 1. The lowest BCUT2D eigenvalue weighted by Gasteiger charge is -2.22. The molecule has 0 fully saturated rings. The molecule has 1 aliphatic carbocycles. The largest absolute Gasteiger partial charge is 0.493 e. The molecule has 1 aromatic rings. The number of fused-ring (bicyclic) bond motifs is 1. The van der Waals surface area contributed by atoms with E-state index in [1.165, 1.54) is 16.7 Å². The highest BCUT2D eigenvalue weighted by Crippen LogP contribution is 2.39. The Morgan fingerprint density at radius 1 is 1.20 bits per heavy atom. The molecule has 0 aliphatic heterocycles. The Morgan fingerprint density at radius 3 is 2.55 bits per heavy atom. The summed E-state index contributed by atoms with van der Waals surface area (Å²) < 4.78 is 10.9. The Balaban J connectivity index is 0.00000200. The summed E-state index contributed by atoms with van der Waals surface area (Å²) in [6.07, 6.45) is 4.40. The first-order chi connectivity index (χ1) is 9.17. The van der Waals surface area contributed by atoms with E-state index in [0.29, 0.717) is 6.04 Å². The number of rotatable bonds is 5. The predicted molar refractivity (Wildman–Crippen MR) is 86.2 cm³/mol. The smallest absolute Gasteiger partial charge is 0.164 e. The van der Waals surface area contributed by atoms with Crippen molar-refractivity contribution >= 4 is 18.0 Å². The van der Waals surface area contributed by atoms with Crippen LogP contribution in [0, 0.1) is 0 Å². The highest BCUT2D eigenvalue weighted by atomic mass is 35.5. The van der Waals surface area contributed by atoms with Crippen molar-refractivity contribution in [2.45, 2.75) is 32.7 Å². The summed E-state index contributed by atoms with van der Waals surface area (Å²) >= 11 is 0. The van der Waals surface area contributed by atoms with Gasteiger partial charge in [0.25, 0.3) is 0 Å². The fourth-order valence-corrected chi connectivity index (χ4v) is 2.52. The van der Waals surface area contributed by atoms with E-state index in [0.717, 1.165) is 30.9 Å². The number of methoxy groups -OCH3 is 2. The molecule has 0 saturated heterocycles. The molecule has 0 saturated carbocycles. The van der Waals surface area contributed by atoms with Gasteiger partial charge in [0.2, 0.25) is 0 Å². The summed E-state index contributed by atoms with van der Waals surface area (Å²) in [5.74, 6) is 1.70. The molecule has 0 bridgehead atoms. The fraction of sp³-hybridized carbons (Fsp3) is 0.500. The molecule has 112 valence electrons. The molecule has 0 aromatic heterocycles. The molecule has 0 atom stereocenters. The Labute approximate surface area is 127 Å². The third-order valence-electron chi connectivity index (χ3n) is 3.48. The molecule has 4 heteroatoms. The first-order valence-corrected chi connectivity index (χ1v) is 6.84. The molecule has 0 heterocycles. The molecule has 1 aliphatic rings. The standard InChI is InChI=1S/C16H23NO2.ClH/c1-11(2)17-10-12-6-5-7-14-13(12)8-9-15(18-3)16(14)19-4;/h6,8-9,11,17H,5,7,10H2,1-4H3;1H. The number of ether oxygens (including phenoxy) is 2. The summed E-state index contributed by atoms with van der Waals surface area (Å²) in [5.41, 5.74) is 3.91. The minimum Gasteiger partial charge on any atom is -0.493 e. The zero-order chi connectivity index (χ0) is 13.8. The monoisotopic (exact) mass is 297 g/mol. The van der Waals surface area contributed by atoms with Crippen LogP contribution in [0.4, 0.5) is 0 Å². The number of halogens is 1. The van der Waals surface area contributed by atoms with Crippen LogP contribution in [0.1, 0.15) is 31.4 Å². The van der Waals surface area contributed by atoms with Crippen molar-refractivity contribution in [1.29, 1.82) is 0 Å². The quantitative estimate of drug-likeness (QED) is 0.903. The van der Waals surface area contributed by atoms with Gasteiger partial charge in [-0.2, -0.15) is 0 Å². The van der Waals surface area contributed by atoms with Crippen molar-refractivity contribution in [1.82, 2.24) is 5.32 Å². The van der Waals surface area contributed by atoms with E-state index in [1.54, 1.807) is 14.2 Å². The van der Waals surface area contributed by atoms with Crippen LogP contribution in [0.2, 0.25) is 0 Å². The van der Waals surface area contributed by atoms with Gasteiger partial charge in [-0.15, -0.1) is 12.4 Å². The molecule has 20 heavy (non-hydrogen) atoms. The Hall–Kier alpha value is -1.19. The highest BCUT2D eigenvalue weighted by molar-refractivity contribution is 5.85. The van der Waals surface area contributed by atoms with Crippen LogP contribution in [0.25, 0.3) is 5.57 Å². The van der Waals surface area contributed by atoms with Crippen molar-refractivity contribution in [2.24, 2.45) is 0 Å². The first-order valence-electron chi connectivity index (χ1n) is 6.84. The van der Waals surface area contributed by atoms with Crippen molar-refractivity contribution in [2.75, 3.05) is 20.8 Å². The SMILES string of the molecule is COc1ccc2c(c1OC)CCC=C2CNC(C)C.Cl. The van der Waals surface area contributed by atoms with Gasteiger partial charge < -0.3 is 14.8 Å². The van der Waals surface area contributed by atoms with Gasteiger partial charge in [0.1, 0.15) is 0 Å². The zero-order valence-corrected chi connectivity index (χ0v) is 13.5. The minimum absolute atomic E-state index is 0. The van der Waals surface area contributed by atoms with Gasteiger partial charge >= 0.3 is 0 Å². The third kappa shape index (κ3) is 3.47. The van der Waals surface area contributed by atoms with E-state index in [4.69, 9.17) is 9.47 Å². The normalized spacial score (nSPS) is 13.3. The second-order valence-corrected chi connectivity index (χ2v) is 5.13. The first kappa shape index (κ1) is 16.9. The number of allylic oxidation sites excluding steroid dienone is 1. The van der Waals surface area contributed by atoms with E-state index in [1.807, 2.05) is 6.07 Å². The molecule has 0 unspecified atom stereocenters. The van der Waals surface area contributed by atoms with Gasteiger partial charge in [-0.1, -0.05) is 26.0 Å². The second-order valence-electron chi connectivity index (χ2n) is 5.13. The lowest BCUT2D eigenvalue weighted by atomic mass is 9.89. The van der Waals surface area contributed by atoms with Crippen LogP contribution in [0.3, 0.4) is 0 Å². The van der Waals surface area contributed by atoms with Crippen LogP contribution in [0.5, 0.6) is 11.5 Å². The van der Waals surface area contributed by atoms with Crippen LogP contribution < -0.4 is 14.8 Å². The summed E-state index contributed by atoms with van der Waals surface area (Å²) in [7, 11) is 3.40. The van der Waals surface area contributed by atoms with Crippen LogP contribution in [-0.2, 0) is 6.42 Å². The van der Waals surface area contributed by atoms with Gasteiger partial charge in [0.15, 0.2) is 11.5 Å². The highest BCUT2D eigenvalue weighted by Gasteiger charge is 2.19. The molecule has 1 N–H and O–H groups in total. The maximum atomic E-state index is 5.54. The average Bonchev–Trinajstić information content (AvgIpc) is 2.43. The van der Waals surface area contributed by atoms with Gasteiger partial charge in [-0.25, -0.2) is 0 Å². The predicted octanol–water partition coefficient (Wildman–Crippen LogP) is 3.45. The average molecular weight is 298 g/mol. The van der Waals surface area contributed by atoms with Crippen LogP contribution in [-0.4, -0.2) is 26.8 Å². The van der Waals surface area contributed by atoms with Crippen molar-refractivity contribution in [3.05, 3.63) is 29.3 Å². The van der Waals surface area contributed by atoms with Crippen LogP contribution >= 0.6 is 12.4 Å². The lowest BCUT2D eigenvalue weighted by Crippen LogP contribution is -2.25. The fourth-order valence-electron chi connectivity index (χ4n) is 2.52. The summed E-state index contributed by atoms with van der Waals surface area (Å²) in [4.78, 5) is 0. The molecule has 1 aromatic carbocycles. The van der Waals surface area contributed by atoms with E-state index in [-0.39, 0.29) is 12.4 Å². The Morgan fingerprint density at radius 2 is 1.95 bits per heavy atom. The maximum absolute atomic E-state index is 5.54. The maximum Gasteiger partial charge on any atom is 0.164 e. The van der Waals surface area contributed by atoms with Crippen molar-refractivity contribution < 1.29 is 9.47 Å². The van der Waals surface area contributed by atoms with Crippen molar-refractivity contribution in [3.63, 3.8) is 0 Å². The Kier molecular flexibility index (Phi) is 6.37. The number of nitrogens with one attached hydrogen (secondary N) is 1. The van der Waals surface area contributed by atoms with Crippen molar-refractivity contribution in [3.8, 4) is 11.5 Å². The molecular formula is C16H24ClNO2. The molecule has 2 rings (SSSR count). The van der Waals surface area contributed by atoms with E-state index in [2.05, 4.69) is 31.3 Å². The van der Waals surface area contributed by atoms with Gasteiger partial charge in [-0.3, -0.25) is 0 Å². The lowest BCUT2D eigenvalue weighted by molar-refractivity contribution is 0.351. The van der Waals surface area contributed by atoms with Gasteiger partial charge in [0.05, 0.1) is 14.2 Å². The zero-order valence-electron chi connectivity index (χ0n) is 12.7. The molecule has 0 amide bonds. The van der Waals surface area contributed by atoms with Gasteiger partial charge in [-0.05, 0) is 30.0 Å². The molecule has 0 spiro atoms. The van der Waals surface area contributed by atoms with Gasteiger partial charge in [0, 0.05) is 18.2 Å². The minimum atomic E-state index is 0. The van der Waals surface area contributed by atoms with E-state index >= 15 is 0 Å². The molecule has 3 nitrogen and oxygen atoms in total. The molecule has 0 radical (unpaired) electrons. The third-order valence-corrected chi connectivity index (χ3v) is 3.48. The van der Waals surface area contributed by atoms with Crippen LogP contribution in [0.15, 0.2) is 18.2 Å². The number of hydrogen-bond acceptors (Lipinski definition) is 3. The van der Waals surface area contributed by atoms with E-state index in [9.17, 15) is 0 Å². The molecular weight excluding hydrogens is 274 g/mol. The summed E-state index contributed by atoms with van der Waals surface area (Å²) in [5, 5.41) is 3.48. The van der Waals surface area contributed by atoms with E-state index < -0.39 is 0 Å². The summed E-state index contributed by atoms with van der Waals surface area (Å²) in [6, 6.07) is 4.63.